The van der Waals surface area contributed by atoms with Crippen molar-refractivity contribution in [2.24, 2.45) is 10.3 Å². The Morgan fingerprint density at radius 3 is 2.57 bits per heavy atom. The summed E-state index contributed by atoms with van der Waals surface area (Å²) in [5.41, 5.74) is 3.90. The molecule has 0 spiro atoms. The summed E-state index contributed by atoms with van der Waals surface area (Å²) in [6.07, 6.45) is 0. The highest BCUT2D eigenvalue weighted by atomic mass is 35.5. The molecule has 0 radical (unpaired) electrons. The lowest BCUT2D eigenvalue weighted by Gasteiger charge is -2.13. The molecule has 30 heavy (non-hydrogen) atoms. The molecule has 0 aliphatic heterocycles. The molecule has 6 nitrogen and oxygen atoms in total. The average molecular weight is 426 g/mol. The fraction of sp³-hybridized carbons (Fsp3) is 0.261. The molecular weight excluding hydrogens is 402 g/mol. The van der Waals surface area contributed by atoms with E-state index in [1.807, 2.05) is 38.1 Å². The molecular formula is C23H24ClN3O3. The van der Waals surface area contributed by atoms with E-state index in [-0.39, 0.29) is 18.2 Å². The Labute approximate surface area is 181 Å². The van der Waals surface area contributed by atoms with Crippen molar-refractivity contribution in [1.82, 2.24) is 5.32 Å². The highest BCUT2D eigenvalue weighted by molar-refractivity contribution is 6.45. The highest BCUT2D eigenvalue weighted by Crippen LogP contribution is 2.17. The minimum absolute atomic E-state index is 0.157. The lowest BCUT2D eigenvalue weighted by molar-refractivity contribution is -0.114. The number of carbonyl (C=O) groups is 1. The first kappa shape index (κ1) is 23.0. The maximum absolute atomic E-state index is 12.4. The molecule has 1 amide bonds. The van der Waals surface area contributed by atoms with E-state index in [1.54, 1.807) is 25.1 Å². The number of benzene rings is 2. The number of hydrogen-bond donors (Lipinski definition) is 1. The highest BCUT2D eigenvalue weighted by Gasteiger charge is 2.19. The molecule has 2 aromatic rings. The Bertz CT molecular complexity index is 1000. The van der Waals surface area contributed by atoms with Gasteiger partial charge in [0, 0.05) is 28.3 Å². The van der Waals surface area contributed by atoms with E-state index in [9.17, 15) is 4.79 Å². The molecule has 0 unspecified atom stereocenters. The lowest BCUT2D eigenvalue weighted by Crippen LogP contribution is -2.32. The molecule has 2 aromatic carbocycles. The first-order valence-corrected chi connectivity index (χ1v) is 9.76. The van der Waals surface area contributed by atoms with Crippen LogP contribution in [0.1, 0.15) is 36.1 Å². The Balaban J connectivity index is 2.19. The van der Waals surface area contributed by atoms with Gasteiger partial charge in [0.1, 0.15) is 19.4 Å². The zero-order valence-corrected chi connectivity index (χ0v) is 18.2. The number of oxime groups is 2. The third-order valence-electron chi connectivity index (χ3n) is 4.04. The number of halogens is 1. The minimum Gasteiger partial charge on any atom is -0.398 e. The van der Waals surface area contributed by atoms with E-state index in [0.717, 1.165) is 16.7 Å². The number of rotatable bonds is 7. The van der Waals surface area contributed by atoms with Gasteiger partial charge in [-0.15, -0.1) is 0 Å². The van der Waals surface area contributed by atoms with Crippen LogP contribution < -0.4 is 5.32 Å². The monoisotopic (exact) mass is 425 g/mol. The summed E-state index contributed by atoms with van der Waals surface area (Å²) in [4.78, 5) is 22.8. The van der Waals surface area contributed by atoms with Gasteiger partial charge in [-0.2, -0.15) is 0 Å². The molecule has 1 N–H and O–H groups in total. The third-order valence-corrected chi connectivity index (χ3v) is 4.29. The fourth-order valence-electron chi connectivity index (χ4n) is 2.58. The number of nitrogens with zero attached hydrogens (tertiary/aromatic N) is 2. The number of carbonyl (C=O) groups excluding carboxylic acids is 1. The van der Waals surface area contributed by atoms with Crippen LogP contribution in [0, 0.1) is 18.8 Å². The van der Waals surface area contributed by atoms with Crippen LogP contribution in [0.4, 0.5) is 0 Å². The normalized spacial score (nSPS) is 11.4. The van der Waals surface area contributed by atoms with Crippen LogP contribution in [0.25, 0.3) is 0 Å². The Kier molecular flexibility index (Phi) is 8.92. The van der Waals surface area contributed by atoms with E-state index in [2.05, 4.69) is 27.5 Å². The summed E-state index contributed by atoms with van der Waals surface area (Å²) < 4.78 is 0. The fourth-order valence-corrected chi connectivity index (χ4v) is 2.70. The van der Waals surface area contributed by atoms with Crippen molar-refractivity contribution in [2.75, 3.05) is 13.7 Å². The predicted octanol–water partition coefficient (Wildman–Crippen LogP) is 4.08. The quantitative estimate of drug-likeness (QED) is 0.412. The van der Waals surface area contributed by atoms with Crippen molar-refractivity contribution in [2.45, 2.75) is 27.4 Å². The largest absolute Gasteiger partial charge is 0.398 e. The predicted molar refractivity (Wildman–Crippen MR) is 120 cm³/mol. The van der Waals surface area contributed by atoms with Gasteiger partial charge in [-0.1, -0.05) is 46.0 Å². The molecule has 0 saturated carbocycles. The van der Waals surface area contributed by atoms with Gasteiger partial charge in [0.2, 0.25) is 0 Å². The van der Waals surface area contributed by atoms with Crippen LogP contribution >= 0.6 is 11.6 Å². The zero-order chi connectivity index (χ0) is 21.9. The number of aryl methyl sites for hydroxylation is 1. The number of likely N-dealkylation sites (N-methyl/N-ethyl adjacent to an activating group) is 1. The van der Waals surface area contributed by atoms with Crippen LogP contribution in [0.15, 0.2) is 52.8 Å². The topological polar surface area (TPSA) is 72.3 Å². The lowest BCUT2D eigenvalue weighted by atomic mass is 9.98. The maximum atomic E-state index is 12.4. The van der Waals surface area contributed by atoms with Gasteiger partial charge in [0.15, 0.2) is 5.71 Å². The summed E-state index contributed by atoms with van der Waals surface area (Å²) in [6.45, 7) is 6.17. The molecule has 156 valence electrons. The first-order valence-electron chi connectivity index (χ1n) is 9.38. The SMILES string of the molecule is CCNC(=O)/C(=N/OC)c1cccc(C)c1CO/N=C(\C)C#Cc1ccc(Cl)cc1. The second kappa shape index (κ2) is 11.6. The molecule has 0 bridgehead atoms. The van der Waals surface area contributed by atoms with Crippen LogP contribution in [0.3, 0.4) is 0 Å². The number of nitrogens with one attached hydrogen (secondary N) is 1. The van der Waals surface area contributed by atoms with E-state index in [4.69, 9.17) is 21.3 Å². The van der Waals surface area contributed by atoms with Gasteiger partial charge in [-0.05, 0) is 56.5 Å². The summed E-state index contributed by atoms with van der Waals surface area (Å²) in [6, 6.07) is 12.8. The van der Waals surface area contributed by atoms with Crippen molar-refractivity contribution in [3.63, 3.8) is 0 Å². The Hall–Kier alpha value is -3.30. The summed E-state index contributed by atoms with van der Waals surface area (Å²) >= 11 is 5.87. The van der Waals surface area contributed by atoms with E-state index >= 15 is 0 Å². The first-order chi connectivity index (χ1) is 14.5. The maximum Gasteiger partial charge on any atom is 0.273 e. The van der Waals surface area contributed by atoms with Gasteiger partial charge in [-0.25, -0.2) is 0 Å². The molecule has 0 heterocycles. The molecule has 0 saturated heterocycles. The zero-order valence-electron chi connectivity index (χ0n) is 17.5. The minimum atomic E-state index is -0.320. The van der Waals surface area contributed by atoms with Crippen molar-refractivity contribution < 1.29 is 14.5 Å². The third kappa shape index (κ3) is 6.64. The van der Waals surface area contributed by atoms with Crippen LogP contribution in [-0.2, 0) is 21.1 Å². The van der Waals surface area contributed by atoms with Crippen molar-refractivity contribution in [1.29, 1.82) is 0 Å². The summed E-state index contributed by atoms with van der Waals surface area (Å²) in [7, 11) is 1.40. The molecule has 7 heteroatoms. The van der Waals surface area contributed by atoms with E-state index in [0.29, 0.717) is 22.8 Å². The Morgan fingerprint density at radius 1 is 1.17 bits per heavy atom. The van der Waals surface area contributed by atoms with Gasteiger partial charge in [0.05, 0.1) is 0 Å². The van der Waals surface area contributed by atoms with E-state index < -0.39 is 0 Å². The molecule has 0 aliphatic carbocycles. The second-order valence-corrected chi connectivity index (χ2v) is 6.73. The van der Waals surface area contributed by atoms with Gasteiger partial charge in [0.25, 0.3) is 5.91 Å². The number of amides is 1. The smallest absolute Gasteiger partial charge is 0.273 e. The van der Waals surface area contributed by atoms with Crippen LogP contribution in [-0.4, -0.2) is 31.0 Å². The van der Waals surface area contributed by atoms with Gasteiger partial charge < -0.3 is 15.0 Å². The Morgan fingerprint density at radius 2 is 1.90 bits per heavy atom. The van der Waals surface area contributed by atoms with Gasteiger partial charge in [-0.3, -0.25) is 4.79 Å². The molecule has 2 rings (SSSR count). The van der Waals surface area contributed by atoms with Crippen LogP contribution in [0.2, 0.25) is 5.02 Å². The summed E-state index contributed by atoms with van der Waals surface area (Å²) in [5.74, 6) is 5.62. The van der Waals surface area contributed by atoms with Crippen LogP contribution in [0.5, 0.6) is 0 Å². The standard InChI is InChI=1S/C23H24ClN3O3/c1-5-25-23(28)22(27-29-4)20-8-6-7-16(2)21(20)15-30-26-17(3)9-10-18-11-13-19(24)14-12-18/h6-8,11-14H,5,15H2,1-4H3,(H,25,28)/b26-17+,27-22+. The summed E-state index contributed by atoms with van der Waals surface area (Å²) in [5, 5.41) is 11.4. The van der Waals surface area contributed by atoms with E-state index in [1.165, 1.54) is 7.11 Å². The van der Waals surface area contributed by atoms with Crippen molar-refractivity contribution >= 4 is 28.9 Å². The van der Waals surface area contributed by atoms with Crippen molar-refractivity contribution in [3.8, 4) is 11.8 Å². The average Bonchev–Trinajstić information content (AvgIpc) is 2.73. The molecule has 0 aromatic heterocycles. The second-order valence-electron chi connectivity index (χ2n) is 6.29. The molecule has 0 atom stereocenters. The molecule has 0 fully saturated rings. The van der Waals surface area contributed by atoms with Crippen molar-refractivity contribution in [3.05, 3.63) is 69.7 Å². The molecule has 0 aliphatic rings. The van der Waals surface area contributed by atoms with Gasteiger partial charge >= 0.3 is 0 Å². The number of hydrogen-bond acceptors (Lipinski definition) is 5.